The van der Waals surface area contributed by atoms with E-state index in [0.717, 1.165) is 0 Å². The Bertz CT molecular complexity index is 423. The van der Waals surface area contributed by atoms with Gasteiger partial charge < -0.3 is 20.5 Å². The van der Waals surface area contributed by atoms with Gasteiger partial charge in [0.05, 0.1) is 10.0 Å². The number of hydrogen-bond acceptors (Lipinski definition) is 4. The molecule has 3 N–H and O–H groups in total. The Morgan fingerprint density at radius 2 is 2.00 bits per heavy atom. The molecule has 0 spiro atoms. The molecule has 0 fully saturated rings. The monoisotopic (exact) mass is 320 g/mol. The summed E-state index contributed by atoms with van der Waals surface area (Å²) in [7, 11) is 0. The molecule has 0 aliphatic heterocycles. The van der Waals surface area contributed by atoms with Gasteiger partial charge >= 0.3 is 0 Å². The molecule has 1 rings (SSSR count). The molecule has 5 nitrogen and oxygen atoms in total. The van der Waals surface area contributed by atoms with Crippen molar-refractivity contribution in [2.75, 3.05) is 26.2 Å². The first-order valence-corrected chi connectivity index (χ1v) is 6.96. The van der Waals surface area contributed by atoms with Crippen LogP contribution in [0.4, 0.5) is 0 Å². The van der Waals surface area contributed by atoms with E-state index in [-0.39, 0.29) is 12.5 Å². The molecule has 0 heterocycles. The third kappa shape index (κ3) is 6.43. The lowest BCUT2D eigenvalue weighted by Crippen LogP contribution is -2.36. The molecule has 0 saturated heterocycles. The van der Waals surface area contributed by atoms with E-state index in [9.17, 15) is 9.90 Å². The highest BCUT2D eigenvalue weighted by Crippen LogP contribution is 2.32. The fourth-order valence-corrected chi connectivity index (χ4v) is 1.96. The van der Waals surface area contributed by atoms with Gasteiger partial charge in [0.25, 0.3) is 0 Å². The lowest BCUT2D eigenvalue weighted by molar-refractivity contribution is -0.118. The minimum Gasteiger partial charge on any atom is -0.488 e. The van der Waals surface area contributed by atoms with Crippen LogP contribution >= 0.6 is 23.2 Å². The average molecular weight is 321 g/mol. The molecule has 0 saturated carbocycles. The SMILES string of the molecule is CC(=O)NCCNCC(O)COc1c(Cl)cccc1Cl. The Morgan fingerprint density at radius 1 is 1.35 bits per heavy atom. The molecule has 0 aliphatic carbocycles. The lowest BCUT2D eigenvalue weighted by Gasteiger charge is -2.15. The van der Waals surface area contributed by atoms with Gasteiger partial charge in [-0.1, -0.05) is 29.3 Å². The van der Waals surface area contributed by atoms with Crippen molar-refractivity contribution in [1.82, 2.24) is 10.6 Å². The number of aliphatic hydroxyl groups excluding tert-OH is 1. The molecule has 1 aromatic carbocycles. The average Bonchev–Trinajstić information content (AvgIpc) is 2.37. The van der Waals surface area contributed by atoms with E-state index < -0.39 is 6.10 Å². The van der Waals surface area contributed by atoms with E-state index in [1.54, 1.807) is 18.2 Å². The number of hydrogen-bond donors (Lipinski definition) is 3. The van der Waals surface area contributed by atoms with Crippen LogP contribution in [0.15, 0.2) is 18.2 Å². The predicted octanol–water partition coefficient (Wildman–Crippen LogP) is 1.46. The summed E-state index contributed by atoms with van der Waals surface area (Å²) >= 11 is 11.9. The Kier molecular flexibility index (Phi) is 7.69. The van der Waals surface area contributed by atoms with E-state index >= 15 is 0 Å². The van der Waals surface area contributed by atoms with Gasteiger partial charge in [-0.2, -0.15) is 0 Å². The van der Waals surface area contributed by atoms with Crippen molar-refractivity contribution in [3.05, 3.63) is 28.2 Å². The van der Waals surface area contributed by atoms with Gasteiger partial charge in [-0.25, -0.2) is 0 Å². The van der Waals surface area contributed by atoms with E-state index in [4.69, 9.17) is 27.9 Å². The number of amides is 1. The van der Waals surface area contributed by atoms with Crippen molar-refractivity contribution >= 4 is 29.1 Å². The van der Waals surface area contributed by atoms with Crippen molar-refractivity contribution in [3.8, 4) is 5.75 Å². The highest BCUT2D eigenvalue weighted by Gasteiger charge is 2.10. The van der Waals surface area contributed by atoms with Gasteiger partial charge in [0, 0.05) is 26.6 Å². The number of rotatable bonds is 8. The Morgan fingerprint density at radius 3 is 2.60 bits per heavy atom. The lowest BCUT2D eigenvalue weighted by atomic mass is 10.3. The molecule has 0 radical (unpaired) electrons. The van der Waals surface area contributed by atoms with Gasteiger partial charge in [0.15, 0.2) is 5.75 Å². The van der Waals surface area contributed by atoms with Crippen LogP contribution in [0.5, 0.6) is 5.75 Å². The van der Waals surface area contributed by atoms with Gasteiger partial charge in [-0.05, 0) is 12.1 Å². The fourth-order valence-electron chi connectivity index (χ4n) is 1.45. The van der Waals surface area contributed by atoms with E-state index in [1.165, 1.54) is 6.92 Å². The third-order valence-electron chi connectivity index (χ3n) is 2.39. The number of carbonyl (C=O) groups is 1. The van der Waals surface area contributed by atoms with Crippen LogP contribution in [-0.4, -0.2) is 43.4 Å². The Hall–Kier alpha value is -1.01. The van der Waals surface area contributed by atoms with E-state index in [2.05, 4.69) is 10.6 Å². The van der Waals surface area contributed by atoms with Gasteiger partial charge in [-0.3, -0.25) is 4.79 Å². The second kappa shape index (κ2) is 9.02. The van der Waals surface area contributed by atoms with Crippen molar-refractivity contribution in [2.24, 2.45) is 0 Å². The molecule has 1 unspecified atom stereocenters. The predicted molar refractivity (Wildman–Crippen MR) is 79.5 cm³/mol. The zero-order valence-corrected chi connectivity index (χ0v) is 12.7. The largest absolute Gasteiger partial charge is 0.488 e. The first-order chi connectivity index (χ1) is 9.50. The van der Waals surface area contributed by atoms with Gasteiger partial charge in [-0.15, -0.1) is 0 Å². The maximum Gasteiger partial charge on any atom is 0.216 e. The van der Waals surface area contributed by atoms with Crippen molar-refractivity contribution in [1.29, 1.82) is 0 Å². The van der Waals surface area contributed by atoms with E-state index in [0.29, 0.717) is 35.4 Å². The molecular weight excluding hydrogens is 303 g/mol. The standard InChI is InChI=1S/C13H18Cl2N2O3/c1-9(18)17-6-5-16-7-10(19)8-20-13-11(14)3-2-4-12(13)15/h2-4,10,16,19H,5-8H2,1H3,(H,17,18). The molecule has 1 atom stereocenters. The van der Waals surface area contributed by atoms with Crippen LogP contribution < -0.4 is 15.4 Å². The molecule has 0 bridgehead atoms. The summed E-state index contributed by atoms with van der Waals surface area (Å²) in [4.78, 5) is 10.6. The van der Waals surface area contributed by atoms with Crippen molar-refractivity contribution < 1.29 is 14.6 Å². The number of nitrogens with one attached hydrogen (secondary N) is 2. The van der Waals surface area contributed by atoms with Crippen LogP contribution in [-0.2, 0) is 4.79 Å². The first-order valence-electron chi connectivity index (χ1n) is 6.20. The molecule has 20 heavy (non-hydrogen) atoms. The van der Waals surface area contributed by atoms with Gasteiger partial charge in [0.1, 0.15) is 12.7 Å². The minimum atomic E-state index is -0.695. The first kappa shape index (κ1) is 17.0. The molecule has 0 aromatic heterocycles. The molecular formula is C13H18Cl2N2O3. The minimum absolute atomic E-state index is 0.0796. The summed E-state index contributed by atoms with van der Waals surface area (Å²) in [6.45, 7) is 2.97. The highest BCUT2D eigenvalue weighted by atomic mass is 35.5. The number of para-hydroxylation sites is 1. The molecule has 112 valence electrons. The highest BCUT2D eigenvalue weighted by molar-refractivity contribution is 6.37. The summed E-state index contributed by atoms with van der Waals surface area (Å²) < 4.78 is 5.40. The normalized spacial score (nSPS) is 12.0. The van der Waals surface area contributed by atoms with Crippen LogP contribution in [0.3, 0.4) is 0 Å². The second-order valence-corrected chi connectivity index (χ2v) is 5.02. The summed E-state index contributed by atoms with van der Waals surface area (Å²) in [6.07, 6.45) is -0.695. The van der Waals surface area contributed by atoms with Crippen LogP contribution in [0.2, 0.25) is 10.0 Å². The Labute approximate surface area is 128 Å². The molecule has 0 aliphatic rings. The quantitative estimate of drug-likeness (QED) is 0.634. The molecule has 1 aromatic rings. The third-order valence-corrected chi connectivity index (χ3v) is 2.99. The Balaban J connectivity index is 2.23. The molecule has 7 heteroatoms. The fraction of sp³-hybridized carbons (Fsp3) is 0.462. The number of carbonyl (C=O) groups excluding carboxylic acids is 1. The summed E-state index contributed by atoms with van der Waals surface area (Å²) in [5, 5.41) is 16.2. The second-order valence-electron chi connectivity index (χ2n) is 4.20. The van der Waals surface area contributed by atoms with Gasteiger partial charge in [0.2, 0.25) is 5.91 Å². The topological polar surface area (TPSA) is 70.6 Å². The summed E-state index contributed by atoms with van der Waals surface area (Å²) in [6, 6.07) is 5.05. The van der Waals surface area contributed by atoms with E-state index in [1.807, 2.05) is 0 Å². The maximum atomic E-state index is 10.6. The van der Waals surface area contributed by atoms with Crippen LogP contribution in [0.25, 0.3) is 0 Å². The zero-order chi connectivity index (χ0) is 15.0. The maximum absolute atomic E-state index is 10.6. The zero-order valence-electron chi connectivity index (χ0n) is 11.2. The number of benzene rings is 1. The summed E-state index contributed by atoms with van der Waals surface area (Å²) in [5.41, 5.74) is 0. The van der Waals surface area contributed by atoms with Crippen LogP contribution in [0, 0.1) is 0 Å². The van der Waals surface area contributed by atoms with Crippen LogP contribution in [0.1, 0.15) is 6.92 Å². The summed E-state index contributed by atoms with van der Waals surface area (Å²) in [5.74, 6) is 0.289. The van der Waals surface area contributed by atoms with Crippen molar-refractivity contribution in [2.45, 2.75) is 13.0 Å². The molecule has 1 amide bonds. The number of ether oxygens (including phenoxy) is 1. The number of aliphatic hydroxyl groups is 1. The smallest absolute Gasteiger partial charge is 0.216 e. The van der Waals surface area contributed by atoms with Crippen molar-refractivity contribution in [3.63, 3.8) is 0 Å². The number of halogens is 2.